The number of rotatable bonds is 10. The Morgan fingerprint density at radius 2 is 1.02 bits per heavy atom. The van der Waals surface area contributed by atoms with Gasteiger partial charge in [0.05, 0.1) is 21.8 Å². The van der Waals surface area contributed by atoms with Crippen LogP contribution >= 0.6 is 47.5 Å². The Labute approximate surface area is 332 Å². The van der Waals surface area contributed by atoms with Gasteiger partial charge in [0.1, 0.15) is 11.3 Å². The highest BCUT2D eigenvalue weighted by Gasteiger charge is 2.18. The van der Waals surface area contributed by atoms with E-state index in [0.717, 1.165) is 55.4 Å². The standard InChI is InChI=1S/2C20H18N4OS.2ClH/c2*21-11-17(13-4-2-1-3-5-13)24-20(25)18-10-14(12-26-18)15-6-8-22-19-16(15)7-9-23-19;;/h2*1-10,12,17H,11,21H2,(H,22,23)(H,24,25);2*1H. The average molecular weight is 798 g/mol. The molecule has 2 aromatic carbocycles. The quantitative estimate of drug-likeness (QED) is 0.0815. The minimum atomic E-state index is -0.202. The minimum absolute atomic E-state index is 0. The largest absolute Gasteiger partial charge is 0.346 e. The van der Waals surface area contributed by atoms with Gasteiger partial charge in [0, 0.05) is 48.6 Å². The summed E-state index contributed by atoms with van der Waals surface area (Å²) in [6, 6.07) is 30.9. The number of aromatic nitrogens is 4. The molecule has 6 aromatic heterocycles. The molecule has 0 spiro atoms. The molecule has 6 heterocycles. The molecule has 54 heavy (non-hydrogen) atoms. The Morgan fingerprint density at radius 1 is 0.611 bits per heavy atom. The van der Waals surface area contributed by atoms with E-state index in [4.69, 9.17) is 11.5 Å². The molecule has 0 bridgehead atoms. The molecule has 2 amide bonds. The van der Waals surface area contributed by atoms with E-state index in [0.29, 0.717) is 22.8 Å². The molecule has 0 saturated heterocycles. The second-order valence-corrected chi connectivity index (χ2v) is 13.8. The fraction of sp³-hybridized carbons (Fsp3) is 0.100. The summed E-state index contributed by atoms with van der Waals surface area (Å²) in [4.78, 5) is 41.5. The number of nitrogens with one attached hydrogen (secondary N) is 4. The molecule has 0 saturated carbocycles. The van der Waals surface area contributed by atoms with Crippen LogP contribution in [0, 0.1) is 0 Å². The van der Waals surface area contributed by atoms with Gasteiger partial charge in [0.2, 0.25) is 0 Å². The molecule has 8 rings (SSSR count). The fourth-order valence-corrected chi connectivity index (χ4v) is 7.62. The lowest BCUT2D eigenvalue weighted by Crippen LogP contribution is -2.32. The number of thiophene rings is 2. The number of pyridine rings is 2. The lowest BCUT2D eigenvalue weighted by atomic mass is 10.1. The van der Waals surface area contributed by atoms with Crippen molar-refractivity contribution >= 4 is 81.4 Å². The third-order valence-corrected chi connectivity index (χ3v) is 10.5. The molecule has 0 aliphatic carbocycles. The van der Waals surface area contributed by atoms with E-state index in [1.165, 1.54) is 22.7 Å². The Bertz CT molecular complexity index is 2260. The van der Waals surface area contributed by atoms with Gasteiger partial charge >= 0.3 is 0 Å². The zero-order valence-electron chi connectivity index (χ0n) is 28.8. The molecule has 2 unspecified atom stereocenters. The van der Waals surface area contributed by atoms with Crippen molar-refractivity contribution in [2.45, 2.75) is 12.1 Å². The summed E-state index contributed by atoms with van der Waals surface area (Å²) >= 11 is 2.86. The van der Waals surface area contributed by atoms with Crippen LogP contribution in [0.3, 0.4) is 0 Å². The van der Waals surface area contributed by atoms with Crippen LogP contribution in [-0.2, 0) is 0 Å². The van der Waals surface area contributed by atoms with E-state index in [2.05, 4.69) is 30.6 Å². The molecular formula is C40H38Cl2N8O2S2. The van der Waals surface area contributed by atoms with Crippen LogP contribution in [-0.4, -0.2) is 44.8 Å². The van der Waals surface area contributed by atoms with E-state index < -0.39 is 0 Å². The molecule has 276 valence electrons. The molecule has 10 nitrogen and oxygen atoms in total. The van der Waals surface area contributed by atoms with E-state index >= 15 is 0 Å². The van der Waals surface area contributed by atoms with E-state index in [-0.39, 0.29) is 48.7 Å². The van der Waals surface area contributed by atoms with E-state index in [9.17, 15) is 9.59 Å². The number of nitrogens with two attached hydrogens (primary N) is 2. The van der Waals surface area contributed by atoms with Gasteiger partial charge < -0.3 is 32.1 Å². The predicted molar refractivity (Wildman–Crippen MR) is 225 cm³/mol. The van der Waals surface area contributed by atoms with Crippen molar-refractivity contribution in [2.24, 2.45) is 11.5 Å². The highest BCUT2D eigenvalue weighted by Crippen LogP contribution is 2.32. The maximum absolute atomic E-state index is 12.7. The molecule has 0 aliphatic heterocycles. The number of carbonyl (C=O) groups is 2. The summed E-state index contributed by atoms with van der Waals surface area (Å²) in [7, 11) is 0. The van der Waals surface area contributed by atoms with Crippen molar-refractivity contribution < 1.29 is 9.59 Å². The summed E-state index contributed by atoms with van der Waals surface area (Å²) in [5.74, 6) is -0.222. The highest BCUT2D eigenvalue weighted by atomic mass is 35.5. The first-order valence-corrected chi connectivity index (χ1v) is 18.4. The monoisotopic (exact) mass is 796 g/mol. The summed E-state index contributed by atoms with van der Waals surface area (Å²) in [6.45, 7) is 0.699. The van der Waals surface area contributed by atoms with E-state index in [1.54, 1.807) is 12.4 Å². The van der Waals surface area contributed by atoms with Crippen molar-refractivity contribution in [3.63, 3.8) is 0 Å². The number of hydrogen-bond acceptors (Lipinski definition) is 8. The first kappa shape index (κ1) is 39.9. The summed E-state index contributed by atoms with van der Waals surface area (Å²) in [5.41, 5.74) is 19.5. The smallest absolute Gasteiger partial charge is 0.261 e. The Hall–Kier alpha value is -5.34. The molecule has 0 radical (unpaired) electrons. The van der Waals surface area contributed by atoms with Gasteiger partial charge in [0.25, 0.3) is 11.8 Å². The maximum Gasteiger partial charge on any atom is 0.261 e. The number of H-pyrrole nitrogens is 2. The van der Waals surface area contributed by atoms with E-state index in [1.807, 2.05) is 120 Å². The third-order valence-electron chi connectivity index (χ3n) is 8.67. The minimum Gasteiger partial charge on any atom is -0.346 e. The highest BCUT2D eigenvalue weighted by molar-refractivity contribution is 7.12. The number of amides is 2. The van der Waals surface area contributed by atoms with Gasteiger partial charge in [0.15, 0.2) is 0 Å². The summed E-state index contributed by atoms with van der Waals surface area (Å²) in [5, 5.41) is 12.1. The fourth-order valence-electron chi connectivity index (χ4n) is 6.00. The molecular weight excluding hydrogens is 760 g/mol. The molecule has 0 aliphatic rings. The topological polar surface area (TPSA) is 168 Å². The summed E-state index contributed by atoms with van der Waals surface area (Å²) in [6.07, 6.45) is 7.27. The third kappa shape index (κ3) is 8.88. The van der Waals surface area contributed by atoms with Gasteiger partial charge in [-0.15, -0.1) is 47.5 Å². The predicted octanol–water partition coefficient (Wildman–Crippen LogP) is 8.29. The molecule has 2 atom stereocenters. The number of benzene rings is 2. The zero-order valence-corrected chi connectivity index (χ0v) is 32.0. The van der Waals surface area contributed by atoms with Crippen LogP contribution < -0.4 is 22.1 Å². The zero-order chi connectivity index (χ0) is 35.9. The van der Waals surface area contributed by atoms with Gasteiger partial charge in [-0.1, -0.05) is 60.7 Å². The maximum atomic E-state index is 12.7. The number of nitrogens with zero attached hydrogens (tertiary/aromatic N) is 2. The Morgan fingerprint density at radius 3 is 1.41 bits per heavy atom. The van der Waals surface area contributed by atoms with Crippen LogP contribution in [0.4, 0.5) is 0 Å². The van der Waals surface area contributed by atoms with Crippen LogP contribution in [0.15, 0.2) is 133 Å². The van der Waals surface area contributed by atoms with Crippen molar-refractivity contribution in [1.29, 1.82) is 0 Å². The normalized spacial score (nSPS) is 11.7. The number of fused-ring (bicyclic) bond motifs is 2. The lowest BCUT2D eigenvalue weighted by Gasteiger charge is -2.16. The lowest BCUT2D eigenvalue weighted by molar-refractivity contribution is 0.0933. The first-order valence-electron chi connectivity index (χ1n) is 16.7. The average Bonchev–Trinajstić information content (AvgIpc) is 4.03. The van der Waals surface area contributed by atoms with Crippen molar-refractivity contribution in [1.82, 2.24) is 30.6 Å². The number of hydrogen-bond donors (Lipinski definition) is 6. The summed E-state index contributed by atoms with van der Waals surface area (Å²) < 4.78 is 0. The second-order valence-electron chi connectivity index (χ2n) is 11.9. The van der Waals surface area contributed by atoms with Gasteiger partial charge in [-0.3, -0.25) is 9.59 Å². The molecule has 8 aromatic rings. The van der Waals surface area contributed by atoms with Gasteiger partial charge in [-0.25, -0.2) is 9.97 Å². The molecule has 0 fully saturated rings. The molecule has 14 heteroatoms. The molecule has 8 N–H and O–H groups in total. The second kappa shape index (κ2) is 18.6. The SMILES string of the molecule is Cl.Cl.NCC(NC(=O)c1cc(-c2ccnc3[nH]ccc23)cs1)c1ccccc1.NCC(NC(=O)c1cc(-c2ccnc3[nH]ccc23)cs1)c1ccccc1. The first-order chi connectivity index (χ1) is 25.5. The van der Waals surface area contributed by atoms with Crippen LogP contribution in [0.2, 0.25) is 0 Å². The van der Waals surface area contributed by atoms with Gasteiger partial charge in [-0.2, -0.15) is 0 Å². The number of aromatic amines is 2. The van der Waals surface area contributed by atoms with Crippen molar-refractivity contribution in [2.75, 3.05) is 13.1 Å². The van der Waals surface area contributed by atoms with Crippen LogP contribution in [0.25, 0.3) is 44.3 Å². The van der Waals surface area contributed by atoms with Crippen molar-refractivity contribution in [3.8, 4) is 22.3 Å². The van der Waals surface area contributed by atoms with Gasteiger partial charge in [-0.05, 0) is 80.5 Å². The van der Waals surface area contributed by atoms with Crippen LogP contribution in [0.1, 0.15) is 42.6 Å². The number of carbonyl (C=O) groups excluding carboxylic acids is 2. The van der Waals surface area contributed by atoms with Crippen LogP contribution in [0.5, 0.6) is 0 Å². The van der Waals surface area contributed by atoms with Crippen molar-refractivity contribution in [3.05, 3.63) is 153 Å². The Balaban J connectivity index is 0.000000200. The Kier molecular flexibility index (Phi) is 13.7. The number of halogens is 2.